The Morgan fingerprint density at radius 2 is 1.46 bits per heavy atom. The Hall–Kier alpha value is 0.920. The van der Waals surface area contributed by atoms with Crippen molar-refractivity contribution in [2.24, 2.45) is 0 Å². The third-order valence-corrected chi connectivity index (χ3v) is 4.04. The van der Waals surface area contributed by atoms with Gasteiger partial charge in [0.1, 0.15) is 0 Å². The first-order chi connectivity index (χ1) is 5.91. The maximum atomic E-state index is 5.48. The Morgan fingerprint density at radius 3 is 1.69 bits per heavy atom. The van der Waals surface area contributed by atoms with Crippen molar-refractivity contribution in [3.8, 4) is 0 Å². The second-order valence-corrected chi connectivity index (χ2v) is 7.99. The summed E-state index contributed by atoms with van der Waals surface area (Å²) >= 11 is 10.2. The van der Waals surface area contributed by atoms with Gasteiger partial charge < -0.3 is 21.3 Å². The van der Waals surface area contributed by atoms with Crippen LogP contribution in [0.25, 0.3) is 0 Å². The molecule has 0 aromatic rings. The molecule has 0 aliphatic carbocycles. The fourth-order valence-corrected chi connectivity index (χ4v) is 3.61. The molecule has 0 saturated heterocycles. The van der Waals surface area contributed by atoms with E-state index >= 15 is 0 Å². The van der Waals surface area contributed by atoms with E-state index in [0.29, 0.717) is 0 Å². The van der Waals surface area contributed by atoms with Gasteiger partial charge in [-0.1, -0.05) is 25.7 Å². The summed E-state index contributed by atoms with van der Waals surface area (Å²) in [5, 5.41) is 0. The lowest BCUT2D eigenvalue weighted by Gasteiger charge is -2.33. The summed E-state index contributed by atoms with van der Waals surface area (Å²) in [6, 6.07) is 0. The average Bonchev–Trinajstić information content (AvgIpc) is 2.02. The molecule has 2 atom stereocenters. The fraction of sp³-hybridized carbons (Fsp3) is 1.00. The van der Waals surface area contributed by atoms with Crippen molar-refractivity contribution >= 4 is 29.7 Å². The minimum Gasteiger partial charge on any atom is -0.691 e. The molecule has 0 rings (SSSR count). The van der Waals surface area contributed by atoms with Gasteiger partial charge >= 0.3 is 0 Å². The Kier molecular flexibility index (Phi) is 6.87. The number of rotatable bonds is 6. The minimum atomic E-state index is -2.42. The van der Waals surface area contributed by atoms with Crippen LogP contribution in [-0.2, 0) is 33.1 Å². The van der Waals surface area contributed by atoms with Crippen LogP contribution in [0.3, 0.4) is 0 Å². The lowest BCUT2D eigenvalue weighted by atomic mass is 10.3. The summed E-state index contributed by atoms with van der Waals surface area (Å²) in [6.07, 6.45) is 2.04. The van der Waals surface area contributed by atoms with Crippen molar-refractivity contribution in [2.45, 2.75) is 52.7 Å². The summed E-state index contributed by atoms with van der Waals surface area (Å²) in [5.41, 5.74) is -2.42. The predicted molar refractivity (Wildman–Crippen MR) is 63.3 cm³/mol. The van der Waals surface area contributed by atoms with E-state index in [2.05, 4.69) is 0 Å². The molecule has 0 aromatic carbocycles. The Labute approximate surface area is 91.7 Å². The molecular weight excluding hydrogens is 223 g/mol. The zero-order valence-corrected chi connectivity index (χ0v) is 11.2. The van der Waals surface area contributed by atoms with Crippen molar-refractivity contribution in [3.63, 3.8) is 0 Å². The summed E-state index contributed by atoms with van der Waals surface area (Å²) < 4.78 is 11.0. The molecule has 0 heterocycles. The van der Waals surface area contributed by atoms with Crippen molar-refractivity contribution in [1.29, 1.82) is 0 Å². The lowest BCUT2D eigenvalue weighted by Crippen LogP contribution is -2.09. The van der Waals surface area contributed by atoms with Gasteiger partial charge in [0.2, 0.25) is 0 Å². The van der Waals surface area contributed by atoms with Crippen LogP contribution in [-0.4, -0.2) is 12.2 Å². The molecule has 2 nitrogen and oxygen atoms in total. The highest BCUT2D eigenvalue weighted by molar-refractivity contribution is 8.51. The van der Waals surface area contributed by atoms with Gasteiger partial charge in [-0.2, -0.15) is 0 Å². The van der Waals surface area contributed by atoms with E-state index in [-0.39, 0.29) is 12.2 Å². The molecule has 0 spiro atoms. The molecule has 0 aliphatic heterocycles. The van der Waals surface area contributed by atoms with Gasteiger partial charge in [0.25, 0.3) is 0 Å². The summed E-state index contributed by atoms with van der Waals surface area (Å²) in [5.74, 6) is 0. The topological polar surface area (TPSA) is 18.5 Å². The van der Waals surface area contributed by atoms with Gasteiger partial charge in [-0.3, -0.25) is 0 Å². The standard InChI is InChI=1S/C8H19O2PS2/c1-5-7(3)9-11(12,13)10-8(4)6-2/h7-8H,5-6H2,1-4H3,(H,12,13)/p-1. The van der Waals surface area contributed by atoms with E-state index < -0.39 is 5.69 Å². The molecule has 13 heavy (non-hydrogen) atoms. The molecule has 0 saturated carbocycles. The highest BCUT2D eigenvalue weighted by atomic mass is 32.9. The second kappa shape index (κ2) is 6.41. The summed E-state index contributed by atoms with van der Waals surface area (Å²) in [7, 11) is 0. The third kappa shape index (κ3) is 6.92. The van der Waals surface area contributed by atoms with Crippen LogP contribution in [0.5, 0.6) is 0 Å². The van der Waals surface area contributed by atoms with Crippen LogP contribution in [0.4, 0.5) is 0 Å². The molecule has 0 bridgehead atoms. The van der Waals surface area contributed by atoms with Crippen LogP contribution >= 0.6 is 5.69 Å². The molecule has 2 unspecified atom stereocenters. The molecule has 80 valence electrons. The van der Waals surface area contributed by atoms with Crippen LogP contribution < -0.4 is 0 Å². The van der Waals surface area contributed by atoms with Crippen LogP contribution in [0.2, 0.25) is 0 Å². The molecule has 0 radical (unpaired) electrons. The van der Waals surface area contributed by atoms with Gasteiger partial charge in [0, 0.05) is 0 Å². The minimum absolute atomic E-state index is 0.104. The second-order valence-electron chi connectivity index (χ2n) is 3.10. The zero-order valence-electron chi connectivity index (χ0n) is 8.65. The number of hydrogen-bond donors (Lipinski definition) is 0. The first-order valence-corrected chi connectivity index (χ1v) is 8.24. The maximum absolute atomic E-state index is 5.48. The smallest absolute Gasteiger partial charge is 0.0601 e. The van der Waals surface area contributed by atoms with E-state index in [0.717, 1.165) is 12.8 Å². The molecule has 0 N–H and O–H groups in total. The Balaban J connectivity index is 4.00. The first-order valence-electron chi connectivity index (χ1n) is 4.59. The molecule has 0 aliphatic rings. The SMILES string of the molecule is CCC(C)OP(=S)([S-])OC(C)CC. The summed E-state index contributed by atoms with van der Waals surface area (Å²) in [6.45, 7) is 8.01. The van der Waals surface area contributed by atoms with Gasteiger partial charge in [0.05, 0.1) is 17.9 Å². The van der Waals surface area contributed by atoms with E-state index in [9.17, 15) is 0 Å². The monoisotopic (exact) mass is 241 g/mol. The molecular formula is C8H18O2PS2-. The summed E-state index contributed by atoms with van der Waals surface area (Å²) in [4.78, 5) is 0. The van der Waals surface area contributed by atoms with Gasteiger partial charge in [-0.05, 0) is 26.7 Å². The van der Waals surface area contributed by atoms with E-state index in [1.807, 2.05) is 27.7 Å². The lowest BCUT2D eigenvalue weighted by molar-refractivity contribution is 0.163. The molecule has 5 heteroatoms. The highest BCUT2D eigenvalue weighted by Gasteiger charge is 2.10. The van der Waals surface area contributed by atoms with Gasteiger partial charge in [0.15, 0.2) is 0 Å². The Bertz CT molecular complexity index is 171. The quantitative estimate of drug-likeness (QED) is 0.524. The van der Waals surface area contributed by atoms with E-state index in [1.54, 1.807) is 0 Å². The van der Waals surface area contributed by atoms with Gasteiger partial charge in [-0.15, -0.1) is 0 Å². The zero-order chi connectivity index (χ0) is 10.5. The highest BCUT2D eigenvalue weighted by Crippen LogP contribution is 2.48. The van der Waals surface area contributed by atoms with Crippen molar-refractivity contribution in [3.05, 3.63) is 0 Å². The Morgan fingerprint density at radius 1 is 1.15 bits per heavy atom. The third-order valence-electron chi connectivity index (χ3n) is 1.77. The average molecular weight is 241 g/mol. The van der Waals surface area contributed by atoms with Crippen molar-refractivity contribution in [1.82, 2.24) is 0 Å². The fourth-order valence-electron chi connectivity index (χ4n) is 0.615. The van der Waals surface area contributed by atoms with Crippen LogP contribution in [0, 0.1) is 0 Å². The van der Waals surface area contributed by atoms with Crippen molar-refractivity contribution in [2.75, 3.05) is 0 Å². The van der Waals surface area contributed by atoms with Gasteiger partial charge in [-0.25, -0.2) is 0 Å². The van der Waals surface area contributed by atoms with E-state index in [4.69, 9.17) is 33.1 Å². The predicted octanol–water partition coefficient (Wildman–Crippen LogP) is 3.39. The normalized spacial score (nSPS) is 20.7. The largest absolute Gasteiger partial charge is 0.691 e. The van der Waals surface area contributed by atoms with E-state index in [1.165, 1.54) is 0 Å². The maximum Gasteiger partial charge on any atom is 0.0601 e. The van der Waals surface area contributed by atoms with Crippen molar-refractivity contribution < 1.29 is 9.05 Å². The number of hydrogen-bond acceptors (Lipinski definition) is 4. The molecule has 0 amide bonds. The van der Waals surface area contributed by atoms with Crippen LogP contribution in [0.1, 0.15) is 40.5 Å². The van der Waals surface area contributed by atoms with Crippen LogP contribution in [0.15, 0.2) is 0 Å². The first kappa shape index (κ1) is 13.9. The molecule has 0 aromatic heterocycles. The molecule has 0 fully saturated rings.